The number of carbonyl (C=O) groups is 1. The topological polar surface area (TPSA) is 64.3 Å². The van der Waals surface area contributed by atoms with E-state index < -0.39 is 5.97 Å². The van der Waals surface area contributed by atoms with E-state index in [-0.39, 0.29) is 5.82 Å². The normalized spacial score (nSPS) is 10.3. The zero-order valence-corrected chi connectivity index (χ0v) is 13.1. The van der Waals surface area contributed by atoms with Crippen LogP contribution < -0.4 is 11.1 Å². The minimum Gasteiger partial charge on any atom is -0.465 e. The first-order valence-electron chi connectivity index (χ1n) is 6.13. The van der Waals surface area contributed by atoms with Crippen LogP contribution in [0.1, 0.15) is 15.9 Å². The Labute approximate surface area is 130 Å². The van der Waals surface area contributed by atoms with E-state index in [2.05, 4.69) is 26.0 Å². The molecule has 3 N–H and O–H groups in total. The zero-order chi connectivity index (χ0) is 15.6. The predicted octanol–water partition coefficient (Wildman–Crippen LogP) is 4.01. The molecule has 2 rings (SSSR count). The molecule has 0 fully saturated rings. The highest BCUT2D eigenvalue weighted by Crippen LogP contribution is 2.29. The van der Waals surface area contributed by atoms with Crippen molar-refractivity contribution in [3.63, 3.8) is 0 Å². The number of methoxy groups -OCH3 is 1. The van der Waals surface area contributed by atoms with Gasteiger partial charge in [-0.1, -0.05) is 0 Å². The largest absolute Gasteiger partial charge is 0.465 e. The van der Waals surface area contributed by atoms with Crippen molar-refractivity contribution < 1.29 is 13.9 Å². The van der Waals surface area contributed by atoms with E-state index in [1.165, 1.54) is 19.2 Å². The number of benzene rings is 2. The van der Waals surface area contributed by atoms with Gasteiger partial charge in [0.05, 0.1) is 28.5 Å². The Morgan fingerprint density at radius 2 is 2.00 bits per heavy atom. The van der Waals surface area contributed by atoms with Crippen LogP contribution in [-0.2, 0) is 4.74 Å². The minimum atomic E-state index is -0.450. The van der Waals surface area contributed by atoms with Crippen LogP contribution in [0.15, 0.2) is 34.8 Å². The Morgan fingerprint density at radius 3 is 2.62 bits per heavy atom. The van der Waals surface area contributed by atoms with Gasteiger partial charge in [0.2, 0.25) is 0 Å². The molecule has 21 heavy (non-hydrogen) atoms. The Morgan fingerprint density at radius 1 is 1.29 bits per heavy atom. The summed E-state index contributed by atoms with van der Waals surface area (Å²) in [4.78, 5) is 11.4. The van der Waals surface area contributed by atoms with Crippen molar-refractivity contribution in [2.24, 2.45) is 0 Å². The number of anilines is 3. The maximum Gasteiger partial charge on any atom is 0.337 e. The van der Waals surface area contributed by atoms with E-state index in [9.17, 15) is 9.18 Å². The van der Waals surface area contributed by atoms with Crippen LogP contribution in [0.3, 0.4) is 0 Å². The van der Waals surface area contributed by atoms with Gasteiger partial charge in [-0.2, -0.15) is 0 Å². The number of aryl methyl sites for hydroxylation is 1. The SMILES string of the molecule is COC(=O)c1ccc(Nc2cc(Br)c(F)cc2C)c(N)c1. The molecular formula is C15H14BrFN2O2. The van der Waals surface area contributed by atoms with Crippen molar-refractivity contribution in [2.45, 2.75) is 6.92 Å². The summed E-state index contributed by atoms with van der Waals surface area (Å²) in [5.41, 5.74) is 8.79. The Balaban J connectivity index is 2.32. The molecule has 0 spiro atoms. The van der Waals surface area contributed by atoms with Crippen molar-refractivity contribution in [1.29, 1.82) is 0 Å². The number of rotatable bonds is 3. The number of esters is 1. The average Bonchev–Trinajstić information content (AvgIpc) is 2.45. The molecule has 0 heterocycles. The molecule has 0 aliphatic heterocycles. The molecule has 110 valence electrons. The summed E-state index contributed by atoms with van der Waals surface area (Å²) >= 11 is 3.14. The van der Waals surface area contributed by atoms with Crippen LogP contribution in [0.2, 0.25) is 0 Å². The van der Waals surface area contributed by atoms with E-state index >= 15 is 0 Å². The van der Waals surface area contributed by atoms with Crippen molar-refractivity contribution in [1.82, 2.24) is 0 Å². The fourth-order valence-electron chi connectivity index (χ4n) is 1.85. The second kappa shape index (κ2) is 6.13. The molecule has 2 aromatic carbocycles. The number of halogens is 2. The minimum absolute atomic E-state index is 0.327. The summed E-state index contributed by atoms with van der Waals surface area (Å²) in [6.07, 6.45) is 0. The zero-order valence-electron chi connectivity index (χ0n) is 11.5. The van der Waals surface area contributed by atoms with E-state index in [0.29, 0.717) is 21.4 Å². The number of hydrogen-bond donors (Lipinski definition) is 2. The molecule has 0 bridgehead atoms. The van der Waals surface area contributed by atoms with E-state index in [1.807, 2.05) is 0 Å². The Kier molecular flexibility index (Phi) is 4.47. The Hall–Kier alpha value is -2.08. The van der Waals surface area contributed by atoms with Gasteiger partial charge in [0.15, 0.2) is 0 Å². The van der Waals surface area contributed by atoms with Crippen molar-refractivity contribution in [3.05, 3.63) is 51.7 Å². The molecule has 2 aromatic rings. The molecule has 0 unspecified atom stereocenters. The lowest BCUT2D eigenvalue weighted by molar-refractivity contribution is 0.0601. The Bertz CT molecular complexity index is 704. The second-order valence-corrected chi connectivity index (χ2v) is 5.35. The summed E-state index contributed by atoms with van der Waals surface area (Å²) < 4.78 is 18.4. The molecule has 0 atom stereocenters. The number of nitrogens with two attached hydrogens (primary N) is 1. The molecular weight excluding hydrogens is 339 g/mol. The fraction of sp³-hybridized carbons (Fsp3) is 0.133. The molecule has 0 saturated heterocycles. The van der Waals surface area contributed by atoms with E-state index in [0.717, 1.165) is 11.3 Å². The standard InChI is InChI=1S/C15H14BrFN2O2/c1-8-5-11(17)10(16)7-14(8)19-13-4-3-9(6-12(13)18)15(20)21-2/h3-7,19H,18H2,1-2H3. The molecule has 0 radical (unpaired) electrons. The molecule has 0 aromatic heterocycles. The smallest absolute Gasteiger partial charge is 0.337 e. The lowest BCUT2D eigenvalue weighted by atomic mass is 10.1. The number of nitrogens with one attached hydrogen (secondary N) is 1. The summed E-state index contributed by atoms with van der Waals surface area (Å²) in [5.74, 6) is -0.777. The highest BCUT2D eigenvalue weighted by molar-refractivity contribution is 9.10. The van der Waals surface area contributed by atoms with Crippen LogP contribution in [0.25, 0.3) is 0 Å². The summed E-state index contributed by atoms with van der Waals surface area (Å²) in [7, 11) is 1.31. The maximum absolute atomic E-state index is 13.4. The van der Waals surface area contributed by atoms with Gasteiger partial charge >= 0.3 is 5.97 Å². The fourth-order valence-corrected chi connectivity index (χ4v) is 2.19. The third-order valence-corrected chi connectivity index (χ3v) is 3.62. The van der Waals surface area contributed by atoms with E-state index in [1.54, 1.807) is 25.1 Å². The first-order valence-corrected chi connectivity index (χ1v) is 6.92. The molecule has 0 aliphatic carbocycles. The molecule has 0 aliphatic rings. The average molecular weight is 353 g/mol. The van der Waals surface area contributed by atoms with E-state index in [4.69, 9.17) is 5.73 Å². The van der Waals surface area contributed by atoms with Gasteiger partial charge in [0.1, 0.15) is 5.82 Å². The first kappa shape index (κ1) is 15.3. The van der Waals surface area contributed by atoms with Crippen LogP contribution in [-0.4, -0.2) is 13.1 Å². The number of hydrogen-bond acceptors (Lipinski definition) is 4. The lowest BCUT2D eigenvalue weighted by Crippen LogP contribution is -2.04. The number of carbonyl (C=O) groups excluding carboxylic acids is 1. The monoisotopic (exact) mass is 352 g/mol. The van der Waals surface area contributed by atoms with Crippen molar-refractivity contribution in [3.8, 4) is 0 Å². The van der Waals surface area contributed by atoms with Gasteiger partial charge < -0.3 is 15.8 Å². The first-order chi connectivity index (χ1) is 9.92. The van der Waals surface area contributed by atoms with Gasteiger partial charge in [-0.3, -0.25) is 0 Å². The van der Waals surface area contributed by atoms with Gasteiger partial charge in [-0.25, -0.2) is 9.18 Å². The number of ether oxygens (including phenoxy) is 1. The van der Waals surface area contributed by atoms with Gasteiger partial charge in [0.25, 0.3) is 0 Å². The maximum atomic E-state index is 13.4. The lowest BCUT2D eigenvalue weighted by Gasteiger charge is -2.13. The van der Waals surface area contributed by atoms with Crippen molar-refractivity contribution >= 4 is 39.0 Å². The third kappa shape index (κ3) is 3.33. The summed E-state index contributed by atoms with van der Waals surface area (Å²) in [5, 5.41) is 3.12. The molecule has 6 heteroatoms. The number of nitrogen functional groups attached to an aromatic ring is 1. The van der Waals surface area contributed by atoms with Crippen LogP contribution >= 0.6 is 15.9 Å². The molecule has 4 nitrogen and oxygen atoms in total. The van der Waals surface area contributed by atoms with Crippen LogP contribution in [0, 0.1) is 12.7 Å². The third-order valence-electron chi connectivity index (χ3n) is 3.01. The van der Waals surface area contributed by atoms with Crippen LogP contribution in [0.4, 0.5) is 21.5 Å². The molecule has 0 saturated carbocycles. The van der Waals surface area contributed by atoms with Gasteiger partial charge in [-0.15, -0.1) is 0 Å². The van der Waals surface area contributed by atoms with Gasteiger partial charge in [-0.05, 0) is 58.7 Å². The highest BCUT2D eigenvalue weighted by atomic mass is 79.9. The molecule has 0 amide bonds. The summed E-state index contributed by atoms with van der Waals surface area (Å²) in [6, 6.07) is 7.88. The highest BCUT2D eigenvalue weighted by Gasteiger charge is 2.10. The van der Waals surface area contributed by atoms with Crippen molar-refractivity contribution in [2.75, 3.05) is 18.2 Å². The second-order valence-electron chi connectivity index (χ2n) is 4.50. The predicted molar refractivity (Wildman–Crippen MR) is 84.3 cm³/mol. The summed E-state index contributed by atoms with van der Waals surface area (Å²) in [6.45, 7) is 1.79. The quantitative estimate of drug-likeness (QED) is 0.647. The van der Waals surface area contributed by atoms with Gasteiger partial charge in [0, 0.05) is 5.69 Å². The van der Waals surface area contributed by atoms with Crippen LogP contribution in [0.5, 0.6) is 0 Å².